The summed E-state index contributed by atoms with van der Waals surface area (Å²) in [7, 11) is 0. The van der Waals surface area contributed by atoms with Crippen LogP contribution in [0.2, 0.25) is 0 Å². The number of carbonyl (C=O) groups excluding carboxylic acids is 1. The Labute approximate surface area is 214 Å². The van der Waals surface area contributed by atoms with Gasteiger partial charge in [0.25, 0.3) is 0 Å². The Bertz CT molecular complexity index is 1360. The maximum absolute atomic E-state index is 12.9. The molecule has 0 radical (unpaired) electrons. The number of fused-ring (bicyclic) bond motifs is 1. The highest BCUT2D eigenvalue weighted by Crippen LogP contribution is 2.40. The maximum atomic E-state index is 12.9. The Morgan fingerprint density at radius 1 is 1.08 bits per heavy atom. The third-order valence-electron chi connectivity index (χ3n) is 6.57. The van der Waals surface area contributed by atoms with Crippen molar-refractivity contribution in [3.8, 4) is 16.9 Å². The molecule has 0 aliphatic rings. The first-order valence-electron chi connectivity index (χ1n) is 12.6. The topological polar surface area (TPSA) is 51.5 Å². The molecule has 3 aromatic carbocycles. The molecule has 4 heteroatoms. The lowest BCUT2D eigenvalue weighted by atomic mass is 9.96. The normalized spacial score (nSPS) is 12.5. The van der Waals surface area contributed by atoms with Crippen molar-refractivity contribution < 1.29 is 13.9 Å². The number of hydrogen-bond donors (Lipinski definition) is 1. The molecule has 4 rings (SSSR count). The van der Waals surface area contributed by atoms with Crippen molar-refractivity contribution in [2.45, 2.75) is 53.5 Å². The van der Waals surface area contributed by atoms with Crippen molar-refractivity contribution in [2.24, 2.45) is 0 Å². The second-order valence-corrected chi connectivity index (χ2v) is 9.46. The molecular weight excluding hydrogens is 446 g/mol. The zero-order valence-corrected chi connectivity index (χ0v) is 21.9. The Morgan fingerprint density at radius 2 is 1.81 bits per heavy atom. The minimum Gasteiger partial charge on any atom is -0.493 e. The maximum Gasteiger partial charge on any atom is 0.244 e. The average molecular weight is 482 g/mol. The van der Waals surface area contributed by atoms with Crippen LogP contribution in [0.15, 0.2) is 77.4 Å². The van der Waals surface area contributed by atoms with Crippen molar-refractivity contribution in [1.29, 1.82) is 0 Å². The van der Waals surface area contributed by atoms with Crippen molar-refractivity contribution >= 4 is 22.4 Å². The van der Waals surface area contributed by atoms with Crippen LogP contribution in [0, 0.1) is 13.8 Å². The molecule has 4 aromatic rings. The van der Waals surface area contributed by atoms with Crippen LogP contribution in [0.4, 0.5) is 0 Å². The Kier molecular flexibility index (Phi) is 7.94. The van der Waals surface area contributed by atoms with Gasteiger partial charge in [0.15, 0.2) is 0 Å². The van der Waals surface area contributed by atoms with Gasteiger partial charge < -0.3 is 14.5 Å². The van der Waals surface area contributed by atoms with Crippen LogP contribution in [-0.2, 0) is 11.2 Å². The smallest absolute Gasteiger partial charge is 0.244 e. The highest BCUT2D eigenvalue weighted by atomic mass is 16.5. The fourth-order valence-electron chi connectivity index (χ4n) is 4.55. The molecule has 0 saturated heterocycles. The van der Waals surface area contributed by atoms with E-state index in [0.29, 0.717) is 6.61 Å². The van der Waals surface area contributed by atoms with Crippen LogP contribution in [0.5, 0.6) is 5.75 Å². The largest absolute Gasteiger partial charge is 0.493 e. The first kappa shape index (κ1) is 25.3. The summed E-state index contributed by atoms with van der Waals surface area (Å²) in [6, 6.07) is 20.9. The van der Waals surface area contributed by atoms with Gasteiger partial charge in [0.05, 0.1) is 12.9 Å². The van der Waals surface area contributed by atoms with Gasteiger partial charge in [0, 0.05) is 34.2 Å². The number of aryl methyl sites for hydroxylation is 3. The molecule has 1 amide bonds. The number of ether oxygens (including phenoxy) is 1. The lowest BCUT2D eigenvalue weighted by Crippen LogP contribution is -2.31. The fraction of sp³-hybridized carbons (Fsp3) is 0.281. The van der Waals surface area contributed by atoms with E-state index in [2.05, 4.69) is 54.7 Å². The summed E-state index contributed by atoms with van der Waals surface area (Å²) in [4.78, 5) is 12.9. The van der Waals surface area contributed by atoms with Crippen LogP contribution in [0.1, 0.15) is 49.4 Å². The van der Waals surface area contributed by atoms with E-state index < -0.39 is 0 Å². The van der Waals surface area contributed by atoms with Gasteiger partial charge in [0.1, 0.15) is 11.3 Å². The van der Waals surface area contributed by atoms with E-state index in [1.165, 1.54) is 11.1 Å². The first-order valence-corrected chi connectivity index (χ1v) is 12.6. The average Bonchev–Trinajstić information content (AvgIpc) is 3.29. The lowest BCUT2D eigenvalue weighted by molar-refractivity contribution is -0.117. The molecule has 0 spiro atoms. The van der Waals surface area contributed by atoms with Crippen molar-refractivity contribution in [3.63, 3.8) is 0 Å². The van der Waals surface area contributed by atoms with E-state index in [4.69, 9.17) is 9.15 Å². The van der Waals surface area contributed by atoms with Crippen molar-refractivity contribution in [3.05, 3.63) is 95.3 Å². The standard InChI is InChI=1S/C32H35NO3/c1-6-35-31-24(5)32-28(29(20-36-32)26-16-12-21(2)13-17-26)19-27(31)22(3)18-30(34)33-23(4)14-15-25-10-8-7-9-11-25/h7-13,16-20,23H,6,14-15H2,1-5H3,(H,33,34)/b22-18+. The minimum atomic E-state index is -0.0980. The first-order chi connectivity index (χ1) is 17.4. The van der Waals surface area contributed by atoms with Crippen molar-refractivity contribution in [1.82, 2.24) is 5.32 Å². The van der Waals surface area contributed by atoms with Gasteiger partial charge >= 0.3 is 0 Å². The number of carbonyl (C=O) groups is 1. The van der Waals surface area contributed by atoms with Crippen LogP contribution in [-0.4, -0.2) is 18.6 Å². The van der Waals surface area contributed by atoms with E-state index in [-0.39, 0.29) is 11.9 Å². The molecule has 1 N–H and O–H groups in total. The van der Waals surface area contributed by atoms with E-state index >= 15 is 0 Å². The molecule has 0 saturated carbocycles. The zero-order chi connectivity index (χ0) is 25.7. The summed E-state index contributed by atoms with van der Waals surface area (Å²) >= 11 is 0. The second kappa shape index (κ2) is 11.3. The number of hydrogen-bond acceptors (Lipinski definition) is 3. The summed E-state index contributed by atoms with van der Waals surface area (Å²) in [6.45, 7) is 10.6. The van der Waals surface area contributed by atoms with E-state index in [1.807, 2.05) is 52.2 Å². The van der Waals surface area contributed by atoms with Gasteiger partial charge in [0.2, 0.25) is 5.91 Å². The molecule has 1 atom stereocenters. The van der Waals surface area contributed by atoms with E-state index in [1.54, 1.807) is 6.08 Å². The Hall–Kier alpha value is -3.79. The summed E-state index contributed by atoms with van der Waals surface area (Å²) in [5.41, 5.74) is 8.13. The number of nitrogens with one attached hydrogen (secondary N) is 1. The van der Waals surface area contributed by atoms with Crippen LogP contribution in [0.25, 0.3) is 27.7 Å². The molecule has 0 aliphatic carbocycles. The summed E-state index contributed by atoms with van der Waals surface area (Å²) in [5, 5.41) is 4.13. The molecule has 1 aromatic heterocycles. The monoisotopic (exact) mass is 481 g/mol. The van der Waals surface area contributed by atoms with Gasteiger partial charge in [-0.1, -0.05) is 60.2 Å². The quantitative estimate of drug-likeness (QED) is 0.250. The third kappa shape index (κ3) is 5.71. The summed E-state index contributed by atoms with van der Waals surface area (Å²) < 4.78 is 12.0. The molecule has 0 bridgehead atoms. The number of rotatable bonds is 9. The lowest BCUT2D eigenvalue weighted by Gasteiger charge is -2.16. The summed E-state index contributed by atoms with van der Waals surface area (Å²) in [6.07, 6.45) is 5.29. The number of allylic oxidation sites excluding steroid dienone is 1. The zero-order valence-electron chi connectivity index (χ0n) is 21.9. The van der Waals surface area contributed by atoms with Gasteiger partial charge in [-0.2, -0.15) is 0 Å². The number of benzene rings is 3. The van der Waals surface area contributed by atoms with Crippen LogP contribution >= 0.6 is 0 Å². The third-order valence-corrected chi connectivity index (χ3v) is 6.57. The molecule has 4 nitrogen and oxygen atoms in total. The van der Waals surface area contributed by atoms with Gasteiger partial charge in [-0.15, -0.1) is 0 Å². The molecule has 0 fully saturated rings. The van der Waals surface area contributed by atoms with Crippen LogP contribution < -0.4 is 10.1 Å². The highest BCUT2D eigenvalue weighted by Gasteiger charge is 2.19. The molecule has 186 valence electrons. The number of amides is 1. The van der Waals surface area contributed by atoms with E-state index in [0.717, 1.165) is 57.4 Å². The van der Waals surface area contributed by atoms with Crippen LogP contribution in [0.3, 0.4) is 0 Å². The van der Waals surface area contributed by atoms with E-state index in [9.17, 15) is 4.79 Å². The molecular formula is C32H35NO3. The Morgan fingerprint density at radius 3 is 2.50 bits per heavy atom. The van der Waals surface area contributed by atoms with Gasteiger partial charge in [-0.3, -0.25) is 4.79 Å². The predicted molar refractivity (Wildman–Crippen MR) is 148 cm³/mol. The highest BCUT2D eigenvalue weighted by molar-refractivity contribution is 6.01. The summed E-state index contributed by atoms with van der Waals surface area (Å²) in [5.74, 6) is 0.660. The van der Waals surface area contributed by atoms with Gasteiger partial charge in [-0.05, 0) is 70.2 Å². The second-order valence-electron chi connectivity index (χ2n) is 9.46. The SMILES string of the molecule is CCOc1c(/C(C)=C/C(=O)NC(C)CCc2ccccc2)cc2c(-c3ccc(C)cc3)coc2c1C. The molecule has 0 aliphatic heterocycles. The predicted octanol–water partition coefficient (Wildman–Crippen LogP) is 7.66. The Balaban J connectivity index is 1.61. The minimum absolute atomic E-state index is 0.0688. The molecule has 1 heterocycles. The van der Waals surface area contributed by atoms with Crippen molar-refractivity contribution in [2.75, 3.05) is 6.61 Å². The molecule has 36 heavy (non-hydrogen) atoms. The fourth-order valence-corrected chi connectivity index (χ4v) is 4.55. The molecule has 1 unspecified atom stereocenters. The van der Waals surface area contributed by atoms with Gasteiger partial charge in [-0.25, -0.2) is 0 Å². The number of furan rings is 1.